The van der Waals surface area contributed by atoms with Crippen LogP contribution in [-0.4, -0.2) is 16.2 Å². The van der Waals surface area contributed by atoms with E-state index in [2.05, 4.69) is 35.4 Å². The summed E-state index contributed by atoms with van der Waals surface area (Å²) in [6.07, 6.45) is 2.62. The van der Waals surface area contributed by atoms with E-state index in [1.165, 1.54) is 18.5 Å². The summed E-state index contributed by atoms with van der Waals surface area (Å²) in [6, 6.07) is 2.59. The zero-order chi connectivity index (χ0) is 8.55. The molecule has 66 valence electrons. The third-order valence-electron chi connectivity index (χ3n) is 2.04. The molecule has 1 aliphatic rings. The lowest BCUT2D eigenvalue weighted by molar-refractivity contribution is 0.881. The summed E-state index contributed by atoms with van der Waals surface area (Å²) in [5.74, 6) is 1.79. The van der Waals surface area contributed by atoms with Gasteiger partial charge in [0.15, 0.2) is 0 Å². The van der Waals surface area contributed by atoms with Crippen molar-refractivity contribution in [3.63, 3.8) is 0 Å². The maximum Gasteiger partial charge on any atom is 0.121 e. The molecule has 1 saturated carbocycles. The SMILES string of the molecule is CC(C)Nc1cc(C2CC2)n[nH]1. The average molecular weight is 165 g/mol. The number of anilines is 1. The van der Waals surface area contributed by atoms with Gasteiger partial charge in [0.25, 0.3) is 0 Å². The van der Waals surface area contributed by atoms with Crippen LogP contribution in [0.5, 0.6) is 0 Å². The highest BCUT2D eigenvalue weighted by atomic mass is 15.2. The lowest BCUT2D eigenvalue weighted by atomic mass is 10.3. The normalized spacial score (nSPS) is 16.9. The summed E-state index contributed by atoms with van der Waals surface area (Å²) in [5.41, 5.74) is 1.22. The van der Waals surface area contributed by atoms with E-state index in [1.807, 2.05) is 0 Å². The van der Waals surface area contributed by atoms with Crippen LogP contribution < -0.4 is 5.32 Å². The van der Waals surface area contributed by atoms with Crippen LogP contribution in [0.3, 0.4) is 0 Å². The number of nitrogens with zero attached hydrogens (tertiary/aromatic N) is 1. The van der Waals surface area contributed by atoms with Crippen molar-refractivity contribution in [3.05, 3.63) is 11.8 Å². The van der Waals surface area contributed by atoms with Gasteiger partial charge in [-0.15, -0.1) is 0 Å². The monoisotopic (exact) mass is 165 g/mol. The van der Waals surface area contributed by atoms with Gasteiger partial charge in [0, 0.05) is 18.0 Å². The Morgan fingerprint density at radius 1 is 1.58 bits per heavy atom. The first-order chi connectivity index (χ1) is 5.75. The van der Waals surface area contributed by atoms with Crippen LogP contribution in [0.15, 0.2) is 6.07 Å². The number of rotatable bonds is 3. The second-order valence-electron chi connectivity index (χ2n) is 3.78. The van der Waals surface area contributed by atoms with E-state index in [0.29, 0.717) is 6.04 Å². The highest BCUT2D eigenvalue weighted by molar-refractivity contribution is 5.37. The molecule has 0 aliphatic heterocycles. The molecular weight excluding hydrogens is 150 g/mol. The number of hydrogen-bond donors (Lipinski definition) is 2. The standard InChI is InChI=1S/C9H15N3/c1-6(2)10-9-5-8(11-12-9)7-3-4-7/h5-7H,3-4H2,1-2H3,(H2,10,11,12). The Labute approximate surface area is 72.6 Å². The van der Waals surface area contributed by atoms with Crippen molar-refractivity contribution in [2.24, 2.45) is 0 Å². The lowest BCUT2D eigenvalue weighted by Crippen LogP contribution is -2.09. The molecule has 0 unspecified atom stereocenters. The van der Waals surface area contributed by atoms with Gasteiger partial charge in [-0.2, -0.15) is 5.10 Å². The number of hydrogen-bond acceptors (Lipinski definition) is 2. The van der Waals surface area contributed by atoms with Crippen LogP contribution in [0.25, 0.3) is 0 Å². The summed E-state index contributed by atoms with van der Waals surface area (Å²) in [5, 5.41) is 10.5. The van der Waals surface area contributed by atoms with E-state index in [0.717, 1.165) is 11.7 Å². The molecule has 0 spiro atoms. The number of aromatic nitrogens is 2. The topological polar surface area (TPSA) is 40.7 Å². The van der Waals surface area contributed by atoms with E-state index < -0.39 is 0 Å². The largest absolute Gasteiger partial charge is 0.368 e. The van der Waals surface area contributed by atoms with Crippen LogP contribution >= 0.6 is 0 Å². The van der Waals surface area contributed by atoms with E-state index >= 15 is 0 Å². The first-order valence-corrected chi connectivity index (χ1v) is 4.57. The van der Waals surface area contributed by atoms with Crippen LogP contribution in [0.2, 0.25) is 0 Å². The minimum atomic E-state index is 0.470. The Morgan fingerprint density at radius 2 is 2.33 bits per heavy atom. The van der Waals surface area contributed by atoms with E-state index in [4.69, 9.17) is 0 Å². The number of aromatic amines is 1. The predicted molar refractivity (Wildman–Crippen MR) is 49.3 cm³/mol. The molecule has 1 aromatic rings. The molecule has 0 aromatic carbocycles. The molecule has 1 aliphatic carbocycles. The minimum Gasteiger partial charge on any atom is -0.368 e. The van der Waals surface area contributed by atoms with Gasteiger partial charge >= 0.3 is 0 Å². The van der Waals surface area contributed by atoms with Gasteiger partial charge in [-0.1, -0.05) is 0 Å². The van der Waals surface area contributed by atoms with Gasteiger partial charge in [-0.3, -0.25) is 5.10 Å². The quantitative estimate of drug-likeness (QED) is 0.720. The Balaban J connectivity index is 2.03. The summed E-state index contributed by atoms with van der Waals surface area (Å²) >= 11 is 0. The zero-order valence-electron chi connectivity index (χ0n) is 7.59. The highest BCUT2D eigenvalue weighted by Crippen LogP contribution is 2.39. The molecule has 0 atom stereocenters. The van der Waals surface area contributed by atoms with Gasteiger partial charge < -0.3 is 5.32 Å². The summed E-state index contributed by atoms with van der Waals surface area (Å²) in [7, 11) is 0. The fraction of sp³-hybridized carbons (Fsp3) is 0.667. The van der Waals surface area contributed by atoms with Crippen LogP contribution in [-0.2, 0) is 0 Å². The van der Waals surface area contributed by atoms with Crippen LogP contribution in [0.1, 0.15) is 38.3 Å². The van der Waals surface area contributed by atoms with Crippen molar-refractivity contribution >= 4 is 5.82 Å². The van der Waals surface area contributed by atoms with E-state index in [1.54, 1.807) is 0 Å². The molecule has 2 N–H and O–H groups in total. The molecule has 12 heavy (non-hydrogen) atoms. The molecule has 0 saturated heterocycles. The van der Waals surface area contributed by atoms with Crippen molar-refractivity contribution in [1.82, 2.24) is 10.2 Å². The van der Waals surface area contributed by atoms with Gasteiger partial charge in [0.2, 0.25) is 0 Å². The maximum absolute atomic E-state index is 4.24. The van der Waals surface area contributed by atoms with Crippen LogP contribution in [0.4, 0.5) is 5.82 Å². The van der Waals surface area contributed by atoms with Crippen molar-refractivity contribution < 1.29 is 0 Å². The van der Waals surface area contributed by atoms with E-state index in [9.17, 15) is 0 Å². The number of H-pyrrole nitrogens is 1. The smallest absolute Gasteiger partial charge is 0.121 e. The predicted octanol–water partition coefficient (Wildman–Crippen LogP) is 2.11. The first-order valence-electron chi connectivity index (χ1n) is 4.57. The molecule has 1 aromatic heterocycles. The molecule has 0 amide bonds. The summed E-state index contributed by atoms with van der Waals surface area (Å²) in [6.45, 7) is 4.25. The minimum absolute atomic E-state index is 0.470. The third-order valence-corrected chi connectivity index (χ3v) is 2.04. The zero-order valence-corrected chi connectivity index (χ0v) is 7.59. The Kier molecular flexibility index (Phi) is 1.79. The highest BCUT2D eigenvalue weighted by Gasteiger charge is 2.25. The van der Waals surface area contributed by atoms with Crippen LogP contribution in [0, 0.1) is 0 Å². The molecule has 0 bridgehead atoms. The fourth-order valence-corrected chi connectivity index (χ4v) is 1.31. The van der Waals surface area contributed by atoms with Crippen molar-refractivity contribution in [3.8, 4) is 0 Å². The molecular formula is C9H15N3. The van der Waals surface area contributed by atoms with Crippen molar-refractivity contribution in [2.45, 2.75) is 38.6 Å². The average Bonchev–Trinajstić information content (AvgIpc) is 2.73. The van der Waals surface area contributed by atoms with Gasteiger partial charge in [-0.05, 0) is 26.7 Å². The first kappa shape index (κ1) is 7.65. The molecule has 1 heterocycles. The Hall–Kier alpha value is -0.990. The van der Waals surface area contributed by atoms with E-state index in [-0.39, 0.29) is 0 Å². The third kappa shape index (κ3) is 1.60. The van der Waals surface area contributed by atoms with Crippen molar-refractivity contribution in [1.29, 1.82) is 0 Å². The fourth-order valence-electron chi connectivity index (χ4n) is 1.31. The van der Waals surface area contributed by atoms with Gasteiger partial charge in [-0.25, -0.2) is 0 Å². The second-order valence-corrected chi connectivity index (χ2v) is 3.78. The molecule has 1 fully saturated rings. The summed E-state index contributed by atoms with van der Waals surface area (Å²) in [4.78, 5) is 0. The molecule has 2 rings (SSSR count). The van der Waals surface area contributed by atoms with Gasteiger partial charge in [0.1, 0.15) is 5.82 Å². The van der Waals surface area contributed by atoms with Gasteiger partial charge in [0.05, 0.1) is 5.69 Å². The second kappa shape index (κ2) is 2.81. The molecule has 0 radical (unpaired) electrons. The molecule has 3 heteroatoms. The maximum atomic E-state index is 4.24. The summed E-state index contributed by atoms with van der Waals surface area (Å²) < 4.78 is 0. The lowest BCUT2D eigenvalue weighted by Gasteiger charge is -2.04. The molecule has 3 nitrogen and oxygen atoms in total. The number of nitrogens with one attached hydrogen (secondary N) is 2. The van der Waals surface area contributed by atoms with Crippen molar-refractivity contribution in [2.75, 3.05) is 5.32 Å². The Morgan fingerprint density at radius 3 is 2.92 bits per heavy atom. The Bertz CT molecular complexity index is 260.